The summed E-state index contributed by atoms with van der Waals surface area (Å²) in [5.41, 5.74) is 1.01. The van der Waals surface area contributed by atoms with Crippen LogP contribution in [0.1, 0.15) is 0 Å². The Kier molecular flexibility index (Phi) is 8.19. The summed E-state index contributed by atoms with van der Waals surface area (Å²) in [4.78, 5) is 14.5. The van der Waals surface area contributed by atoms with E-state index in [-0.39, 0.29) is 22.1 Å². The third-order valence-corrected chi connectivity index (χ3v) is 8.38. The average Bonchev–Trinajstić information content (AvgIpc) is 3.01. The Morgan fingerprint density at radius 3 is 2.26 bits per heavy atom. The number of phenolic OH excluding ortho intramolecular Hbond substituents is 1. The van der Waals surface area contributed by atoms with Crippen LogP contribution < -0.4 is 19.5 Å². The van der Waals surface area contributed by atoms with E-state index in [1.54, 1.807) is 62.6 Å². The molecule has 216 valence electrons. The third kappa shape index (κ3) is 5.67. The van der Waals surface area contributed by atoms with E-state index in [1.807, 2.05) is 30.3 Å². The first kappa shape index (κ1) is 28.7. The van der Waals surface area contributed by atoms with Crippen molar-refractivity contribution < 1.29 is 27.8 Å². The number of hydrogen-bond acceptors (Lipinski definition) is 7. The molecule has 5 aromatic carbocycles. The molecule has 10 heteroatoms. The fourth-order valence-electron chi connectivity index (χ4n) is 4.75. The second-order valence-corrected chi connectivity index (χ2v) is 11.4. The minimum absolute atomic E-state index is 0.0476. The molecule has 9 nitrogen and oxygen atoms in total. The molecule has 0 fully saturated rings. The summed E-state index contributed by atoms with van der Waals surface area (Å²) in [5, 5.41) is 17.1. The zero-order valence-electron chi connectivity index (χ0n) is 23.4. The molecule has 0 unspecified atom stereocenters. The highest BCUT2D eigenvalue weighted by molar-refractivity contribution is 7.92. The molecule has 0 atom stereocenters. The third-order valence-electron chi connectivity index (χ3n) is 7.00. The van der Waals surface area contributed by atoms with Crippen molar-refractivity contribution in [1.29, 1.82) is 0 Å². The minimum atomic E-state index is -4.02. The number of phenols is 1. The average molecular weight is 586 g/mol. The zero-order valence-corrected chi connectivity index (χ0v) is 24.2. The number of carbonyl (C=O) groups is 1. The lowest BCUT2D eigenvalue weighted by Crippen LogP contribution is -2.34. The highest BCUT2D eigenvalue weighted by atomic mass is 32.2. The van der Waals surface area contributed by atoms with Crippen LogP contribution in [0.25, 0.3) is 32.7 Å². The number of sulfonamides is 1. The molecule has 0 bridgehead atoms. The number of carbonyl (C=O) groups excluding carboxylic acids is 1. The smallest absolute Gasteiger partial charge is 0.415 e. The molecular formula is C32H31N3O6S. The molecule has 5 aromatic rings. The fourth-order valence-corrected chi connectivity index (χ4v) is 5.82. The number of nitrogens with one attached hydrogen (secondary N) is 2. The first-order chi connectivity index (χ1) is 20.2. The number of methoxy groups -OCH3 is 1. The summed E-state index contributed by atoms with van der Waals surface area (Å²) in [6.07, 6.45) is -0.567. The van der Waals surface area contributed by atoms with Crippen LogP contribution in [-0.2, 0) is 10.0 Å². The van der Waals surface area contributed by atoms with Crippen LogP contribution in [-0.4, -0.2) is 58.8 Å². The van der Waals surface area contributed by atoms with Gasteiger partial charge in [-0.05, 0) is 54.2 Å². The topological polar surface area (TPSA) is 117 Å². The predicted octanol–water partition coefficient (Wildman–Crippen LogP) is 5.83. The van der Waals surface area contributed by atoms with Crippen LogP contribution in [0.2, 0.25) is 0 Å². The summed E-state index contributed by atoms with van der Waals surface area (Å²) in [7, 11) is 0.921. The Balaban J connectivity index is 1.69. The van der Waals surface area contributed by atoms with E-state index in [0.717, 1.165) is 10.8 Å². The maximum atomic E-state index is 13.5. The van der Waals surface area contributed by atoms with Crippen LogP contribution >= 0.6 is 0 Å². The number of fused-ring (bicyclic) bond motifs is 2. The van der Waals surface area contributed by atoms with Crippen LogP contribution in [0, 0.1) is 0 Å². The monoisotopic (exact) mass is 585 g/mol. The van der Waals surface area contributed by atoms with Gasteiger partial charge in [-0.25, -0.2) is 13.2 Å². The summed E-state index contributed by atoms with van der Waals surface area (Å²) in [5.74, 6) is 0.681. The van der Waals surface area contributed by atoms with Crippen molar-refractivity contribution in [2.45, 2.75) is 4.90 Å². The first-order valence-corrected chi connectivity index (χ1v) is 14.7. The summed E-state index contributed by atoms with van der Waals surface area (Å²) >= 11 is 0. The minimum Gasteiger partial charge on any atom is -0.507 e. The van der Waals surface area contributed by atoms with Crippen molar-refractivity contribution in [2.24, 2.45) is 0 Å². The quantitative estimate of drug-likeness (QED) is 0.187. The summed E-state index contributed by atoms with van der Waals surface area (Å²) in [6.45, 7) is 1.01. The van der Waals surface area contributed by atoms with Crippen molar-refractivity contribution in [3.63, 3.8) is 0 Å². The van der Waals surface area contributed by atoms with Crippen molar-refractivity contribution in [1.82, 2.24) is 10.2 Å². The molecule has 5 rings (SSSR count). The van der Waals surface area contributed by atoms with Gasteiger partial charge in [0.25, 0.3) is 10.0 Å². The van der Waals surface area contributed by atoms with E-state index < -0.39 is 16.1 Å². The van der Waals surface area contributed by atoms with E-state index >= 15 is 0 Å². The lowest BCUT2D eigenvalue weighted by molar-refractivity contribution is 0.163. The normalized spacial score (nSPS) is 11.4. The van der Waals surface area contributed by atoms with Crippen LogP contribution in [0.4, 0.5) is 10.5 Å². The molecular weight excluding hydrogens is 554 g/mol. The molecule has 0 saturated carbocycles. The number of likely N-dealkylation sites (N-methyl/N-ethyl adjacent to an activating group) is 2. The van der Waals surface area contributed by atoms with E-state index in [0.29, 0.717) is 40.7 Å². The number of nitrogens with zero attached hydrogens (tertiary/aromatic N) is 1. The van der Waals surface area contributed by atoms with Gasteiger partial charge >= 0.3 is 6.09 Å². The van der Waals surface area contributed by atoms with Crippen LogP contribution in [0.15, 0.2) is 95.9 Å². The molecule has 0 saturated heterocycles. The van der Waals surface area contributed by atoms with Gasteiger partial charge in [0, 0.05) is 42.0 Å². The van der Waals surface area contributed by atoms with Crippen molar-refractivity contribution in [3.8, 4) is 28.4 Å². The van der Waals surface area contributed by atoms with E-state index in [1.165, 1.54) is 24.1 Å². The van der Waals surface area contributed by atoms with E-state index in [9.17, 15) is 18.3 Å². The van der Waals surface area contributed by atoms with Gasteiger partial charge in [-0.1, -0.05) is 54.6 Å². The van der Waals surface area contributed by atoms with Gasteiger partial charge in [0.15, 0.2) is 0 Å². The van der Waals surface area contributed by atoms with Gasteiger partial charge in [0.2, 0.25) is 0 Å². The van der Waals surface area contributed by atoms with Crippen molar-refractivity contribution in [3.05, 3.63) is 91.0 Å². The second-order valence-electron chi connectivity index (χ2n) is 9.70. The molecule has 0 heterocycles. The highest BCUT2D eigenvalue weighted by Crippen LogP contribution is 2.46. The van der Waals surface area contributed by atoms with Gasteiger partial charge in [0.1, 0.15) is 17.2 Å². The number of ether oxygens (including phenoxy) is 2. The molecule has 42 heavy (non-hydrogen) atoms. The molecule has 0 spiro atoms. The number of hydrogen-bond donors (Lipinski definition) is 3. The van der Waals surface area contributed by atoms with Crippen molar-refractivity contribution in [2.75, 3.05) is 39.0 Å². The molecule has 0 aliphatic carbocycles. The summed E-state index contributed by atoms with van der Waals surface area (Å²) < 4.78 is 40.7. The lowest BCUT2D eigenvalue weighted by Gasteiger charge is -2.21. The standard InChI is InChI=1S/C32H31N3O6S/c1-33-18-19-35(2)32(37)41-29-17-12-21-8-4-5-9-24(21)30(29)27-20-28(25-10-6-7-11-26(25)31(27)36)34-42(38,39)23-15-13-22(40-3)14-16-23/h4-17,20,33-34,36H,18-19H2,1-3H3. The van der Waals surface area contributed by atoms with Crippen LogP contribution in [0.3, 0.4) is 0 Å². The van der Waals surface area contributed by atoms with Crippen molar-refractivity contribution >= 4 is 43.3 Å². The zero-order chi connectivity index (χ0) is 29.9. The SMILES string of the molecule is CNCCN(C)C(=O)Oc1ccc2ccccc2c1-c1cc(NS(=O)(=O)c2ccc(OC)cc2)c2ccccc2c1O. The molecule has 0 aliphatic heterocycles. The molecule has 0 radical (unpaired) electrons. The Morgan fingerprint density at radius 1 is 0.905 bits per heavy atom. The Labute approximate surface area is 244 Å². The molecule has 3 N–H and O–H groups in total. The number of anilines is 1. The Bertz CT molecular complexity index is 1870. The number of rotatable bonds is 9. The Morgan fingerprint density at radius 2 is 1.57 bits per heavy atom. The van der Waals surface area contributed by atoms with E-state index in [2.05, 4.69) is 10.0 Å². The van der Waals surface area contributed by atoms with Gasteiger partial charge in [0.05, 0.1) is 17.7 Å². The molecule has 0 aliphatic rings. The number of aromatic hydroxyl groups is 1. The van der Waals surface area contributed by atoms with Gasteiger partial charge in [-0.15, -0.1) is 0 Å². The number of amides is 1. The Hall–Kier alpha value is -4.80. The van der Waals surface area contributed by atoms with Gasteiger partial charge < -0.3 is 24.8 Å². The van der Waals surface area contributed by atoms with Gasteiger partial charge in [-0.2, -0.15) is 0 Å². The van der Waals surface area contributed by atoms with E-state index in [4.69, 9.17) is 9.47 Å². The number of benzene rings is 5. The van der Waals surface area contributed by atoms with Crippen LogP contribution in [0.5, 0.6) is 17.2 Å². The maximum Gasteiger partial charge on any atom is 0.415 e. The summed E-state index contributed by atoms with van der Waals surface area (Å²) in [6, 6.07) is 25.6. The first-order valence-electron chi connectivity index (χ1n) is 13.2. The molecule has 1 amide bonds. The lowest BCUT2D eigenvalue weighted by atomic mass is 9.93. The highest BCUT2D eigenvalue weighted by Gasteiger charge is 2.23. The second kappa shape index (κ2) is 12.0. The largest absolute Gasteiger partial charge is 0.507 e. The predicted molar refractivity (Wildman–Crippen MR) is 165 cm³/mol. The molecule has 0 aromatic heterocycles. The fraction of sp³-hybridized carbons (Fsp3) is 0.156. The maximum absolute atomic E-state index is 13.5. The van der Waals surface area contributed by atoms with Gasteiger partial charge in [-0.3, -0.25) is 4.72 Å².